The predicted octanol–water partition coefficient (Wildman–Crippen LogP) is 1.87. The standard InChI is InChI=1S/C16H23N3O/c1-15(2)13-20-11-10-19(15)9-8-16(18,12-17)14-6-4-3-5-7-14/h3-7H,8-11,13,18H2,1-2H3. The van der Waals surface area contributed by atoms with E-state index in [9.17, 15) is 5.26 Å². The zero-order valence-corrected chi connectivity index (χ0v) is 12.3. The van der Waals surface area contributed by atoms with Crippen molar-refractivity contribution in [2.45, 2.75) is 31.3 Å². The van der Waals surface area contributed by atoms with Crippen LogP contribution in [0.5, 0.6) is 0 Å². The Hall–Kier alpha value is -1.41. The maximum Gasteiger partial charge on any atom is 0.131 e. The average Bonchev–Trinajstić information content (AvgIpc) is 2.46. The predicted molar refractivity (Wildman–Crippen MR) is 79.0 cm³/mol. The van der Waals surface area contributed by atoms with Gasteiger partial charge in [-0.15, -0.1) is 0 Å². The average molecular weight is 273 g/mol. The lowest BCUT2D eigenvalue weighted by molar-refractivity contribution is -0.0526. The molecule has 1 aromatic rings. The van der Waals surface area contributed by atoms with Gasteiger partial charge >= 0.3 is 0 Å². The van der Waals surface area contributed by atoms with Crippen LogP contribution < -0.4 is 5.73 Å². The molecular weight excluding hydrogens is 250 g/mol. The Morgan fingerprint density at radius 2 is 2.10 bits per heavy atom. The van der Waals surface area contributed by atoms with Crippen molar-refractivity contribution in [3.8, 4) is 6.07 Å². The summed E-state index contributed by atoms with van der Waals surface area (Å²) in [6, 6.07) is 11.9. The quantitative estimate of drug-likeness (QED) is 0.909. The first kappa shape index (κ1) is 15.0. The van der Waals surface area contributed by atoms with E-state index in [2.05, 4.69) is 24.8 Å². The molecule has 20 heavy (non-hydrogen) atoms. The highest BCUT2D eigenvalue weighted by Gasteiger charge is 2.33. The summed E-state index contributed by atoms with van der Waals surface area (Å²) in [5.74, 6) is 0. The smallest absolute Gasteiger partial charge is 0.131 e. The number of nitrogens with two attached hydrogens (primary N) is 1. The van der Waals surface area contributed by atoms with Crippen molar-refractivity contribution in [1.82, 2.24) is 4.90 Å². The van der Waals surface area contributed by atoms with Crippen molar-refractivity contribution in [2.75, 3.05) is 26.3 Å². The summed E-state index contributed by atoms with van der Waals surface area (Å²) in [5.41, 5.74) is 6.27. The third-order valence-electron chi connectivity index (χ3n) is 4.08. The summed E-state index contributed by atoms with van der Waals surface area (Å²) < 4.78 is 5.52. The number of nitriles is 1. The van der Waals surface area contributed by atoms with E-state index >= 15 is 0 Å². The maximum atomic E-state index is 9.48. The Morgan fingerprint density at radius 1 is 1.40 bits per heavy atom. The minimum Gasteiger partial charge on any atom is -0.378 e. The van der Waals surface area contributed by atoms with Crippen LogP contribution >= 0.6 is 0 Å². The number of benzene rings is 1. The fraction of sp³-hybridized carbons (Fsp3) is 0.562. The van der Waals surface area contributed by atoms with Gasteiger partial charge in [0.2, 0.25) is 0 Å². The van der Waals surface area contributed by atoms with Crippen LogP contribution in [0.1, 0.15) is 25.8 Å². The third kappa shape index (κ3) is 3.18. The van der Waals surface area contributed by atoms with Gasteiger partial charge in [0.1, 0.15) is 5.54 Å². The Kier molecular flexibility index (Phi) is 4.44. The van der Waals surface area contributed by atoms with Crippen LogP contribution in [-0.2, 0) is 10.3 Å². The second kappa shape index (κ2) is 5.92. The molecule has 0 radical (unpaired) electrons. The SMILES string of the molecule is CC1(C)COCCN1CCC(N)(C#N)c1ccccc1. The van der Waals surface area contributed by atoms with Crippen molar-refractivity contribution < 1.29 is 4.74 Å². The lowest BCUT2D eigenvalue weighted by Gasteiger charge is -2.43. The highest BCUT2D eigenvalue weighted by atomic mass is 16.5. The fourth-order valence-corrected chi connectivity index (χ4v) is 2.62. The second-order valence-electron chi connectivity index (χ2n) is 6.05. The molecule has 2 N–H and O–H groups in total. The van der Waals surface area contributed by atoms with Crippen LogP contribution in [0, 0.1) is 11.3 Å². The molecule has 108 valence electrons. The van der Waals surface area contributed by atoms with Crippen molar-refractivity contribution in [1.29, 1.82) is 5.26 Å². The van der Waals surface area contributed by atoms with Gasteiger partial charge in [-0.25, -0.2) is 0 Å². The monoisotopic (exact) mass is 273 g/mol. The van der Waals surface area contributed by atoms with Crippen molar-refractivity contribution in [2.24, 2.45) is 5.73 Å². The normalized spacial score (nSPS) is 21.9. The van der Waals surface area contributed by atoms with Crippen LogP contribution in [0.2, 0.25) is 0 Å². The molecule has 1 aliphatic heterocycles. The number of hydrogen-bond donors (Lipinski definition) is 1. The first-order valence-electron chi connectivity index (χ1n) is 7.06. The summed E-state index contributed by atoms with van der Waals surface area (Å²) in [4.78, 5) is 2.36. The van der Waals surface area contributed by atoms with Crippen molar-refractivity contribution in [3.63, 3.8) is 0 Å². The van der Waals surface area contributed by atoms with Gasteiger partial charge in [0.05, 0.1) is 19.3 Å². The summed E-state index contributed by atoms with van der Waals surface area (Å²) in [6.07, 6.45) is 0.622. The summed E-state index contributed by atoms with van der Waals surface area (Å²) in [6.45, 7) is 7.50. The molecule has 0 aromatic heterocycles. The fourth-order valence-electron chi connectivity index (χ4n) is 2.62. The Labute approximate surface area is 121 Å². The molecule has 0 amide bonds. The molecular formula is C16H23N3O. The van der Waals surface area contributed by atoms with Crippen LogP contribution in [0.3, 0.4) is 0 Å². The highest BCUT2D eigenvalue weighted by molar-refractivity contribution is 5.30. The molecule has 1 unspecified atom stereocenters. The lowest BCUT2D eigenvalue weighted by Crippen LogP contribution is -2.54. The minimum atomic E-state index is -0.921. The van der Waals surface area contributed by atoms with Gasteiger partial charge in [0.15, 0.2) is 0 Å². The van der Waals surface area contributed by atoms with E-state index in [1.807, 2.05) is 30.3 Å². The van der Waals surface area contributed by atoms with Crippen LogP contribution in [-0.4, -0.2) is 36.7 Å². The van der Waals surface area contributed by atoms with Gasteiger partial charge in [-0.3, -0.25) is 4.90 Å². The number of hydrogen-bond acceptors (Lipinski definition) is 4. The van der Waals surface area contributed by atoms with Crippen LogP contribution in [0.25, 0.3) is 0 Å². The Bertz CT molecular complexity index is 480. The van der Waals surface area contributed by atoms with Gasteiger partial charge in [-0.1, -0.05) is 30.3 Å². The Morgan fingerprint density at radius 3 is 2.70 bits per heavy atom. The first-order valence-corrected chi connectivity index (χ1v) is 7.06. The molecule has 0 saturated carbocycles. The zero-order valence-electron chi connectivity index (χ0n) is 12.3. The Balaban J connectivity index is 2.06. The minimum absolute atomic E-state index is 0.00526. The zero-order chi connectivity index (χ0) is 14.6. The number of ether oxygens (including phenoxy) is 1. The lowest BCUT2D eigenvalue weighted by atomic mass is 9.88. The van der Waals surface area contributed by atoms with E-state index in [0.717, 1.165) is 31.9 Å². The topological polar surface area (TPSA) is 62.3 Å². The summed E-state index contributed by atoms with van der Waals surface area (Å²) in [7, 11) is 0. The molecule has 1 aromatic carbocycles. The molecule has 1 saturated heterocycles. The number of nitrogens with zero attached hydrogens (tertiary/aromatic N) is 2. The molecule has 1 aliphatic rings. The summed E-state index contributed by atoms with van der Waals surface area (Å²) in [5, 5.41) is 9.48. The van der Waals surface area contributed by atoms with E-state index in [-0.39, 0.29) is 5.54 Å². The van der Waals surface area contributed by atoms with E-state index in [4.69, 9.17) is 10.5 Å². The first-order chi connectivity index (χ1) is 9.48. The van der Waals surface area contributed by atoms with Crippen LogP contribution in [0.4, 0.5) is 0 Å². The summed E-state index contributed by atoms with van der Waals surface area (Å²) >= 11 is 0. The molecule has 4 heteroatoms. The maximum absolute atomic E-state index is 9.48. The van der Waals surface area contributed by atoms with E-state index in [1.54, 1.807) is 0 Å². The van der Waals surface area contributed by atoms with Crippen molar-refractivity contribution >= 4 is 0 Å². The number of morpholine rings is 1. The van der Waals surface area contributed by atoms with Gasteiger partial charge < -0.3 is 10.5 Å². The molecule has 1 fully saturated rings. The number of rotatable bonds is 4. The molecule has 4 nitrogen and oxygen atoms in total. The van der Waals surface area contributed by atoms with E-state index < -0.39 is 5.54 Å². The van der Waals surface area contributed by atoms with Crippen LogP contribution in [0.15, 0.2) is 30.3 Å². The van der Waals surface area contributed by atoms with E-state index in [0.29, 0.717) is 6.42 Å². The molecule has 1 atom stereocenters. The molecule has 0 spiro atoms. The van der Waals surface area contributed by atoms with Crippen molar-refractivity contribution in [3.05, 3.63) is 35.9 Å². The highest BCUT2D eigenvalue weighted by Crippen LogP contribution is 2.25. The molecule has 0 aliphatic carbocycles. The molecule has 1 heterocycles. The third-order valence-corrected chi connectivity index (χ3v) is 4.08. The van der Waals surface area contributed by atoms with Gasteiger partial charge in [0, 0.05) is 18.6 Å². The van der Waals surface area contributed by atoms with Gasteiger partial charge in [-0.2, -0.15) is 5.26 Å². The second-order valence-corrected chi connectivity index (χ2v) is 6.05. The molecule has 0 bridgehead atoms. The van der Waals surface area contributed by atoms with Gasteiger partial charge in [-0.05, 0) is 25.8 Å². The van der Waals surface area contributed by atoms with E-state index in [1.165, 1.54) is 0 Å². The van der Waals surface area contributed by atoms with Gasteiger partial charge in [0.25, 0.3) is 0 Å². The largest absolute Gasteiger partial charge is 0.378 e. The molecule has 2 rings (SSSR count).